The summed E-state index contributed by atoms with van der Waals surface area (Å²) < 4.78 is 0.743. The van der Waals surface area contributed by atoms with E-state index in [1.165, 1.54) is 12.8 Å². The largest absolute Gasteiger partial charge is 0.310 e. The monoisotopic (exact) mass is 340 g/mol. The van der Waals surface area contributed by atoms with E-state index >= 15 is 0 Å². The molecule has 1 fully saturated rings. The summed E-state index contributed by atoms with van der Waals surface area (Å²) in [4.78, 5) is 10.8. The number of nitrogens with one attached hydrogen (secondary N) is 1. The third-order valence-electron chi connectivity index (χ3n) is 4.16. The van der Waals surface area contributed by atoms with E-state index in [1.54, 1.807) is 6.07 Å². The summed E-state index contributed by atoms with van der Waals surface area (Å²) in [5.74, 6) is 0. The molecule has 4 nitrogen and oxygen atoms in total. The smallest absolute Gasteiger partial charge is 0.275 e. The van der Waals surface area contributed by atoms with Crippen molar-refractivity contribution in [3.63, 3.8) is 0 Å². The van der Waals surface area contributed by atoms with E-state index in [2.05, 4.69) is 35.1 Å². The van der Waals surface area contributed by atoms with Crippen molar-refractivity contribution in [2.45, 2.75) is 52.1 Å². The van der Waals surface area contributed by atoms with Gasteiger partial charge in [-0.3, -0.25) is 10.1 Å². The fourth-order valence-corrected chi connectivity index (χ4v) is 3.06. The number of nitro groups is 1. The topological polar surface area (TPSA) is 55.2 Å². The maximum absolute atomic E-state index is 11.1. The first kappa shape index (κ1) is 15.4. The molecule has 1 N–H and O–H groups in total. The highest BCUT2D eigenvalue weighted by molar-refractivity contribution is 9.10. The van der Waals surface area contributed by atoms with Crippen molar-refractivity contribution in [2.75, 3.05) is 0 Å². The zero-order chi connectivity index (χ0) is 14.8. The van der Waals surface area contributed by atoms with Crippen LogP contribution in [0.15, 0.2) is 22.7 Å². The summed E-state index contributed by atoms with van der Waals surface area (Å²) in [5, 5.41) is 14.5. The molecule has 1 aromatic carbocycles. The SMILES string of the molecule is CC1(C)CCC(NCc2ccc(Br)cc2[N+](=O)[O-])CC1. The number of benzene rings is 1. The highest BCUT2D eigenvalue weighted by Crippen LogP contribution is 2.35. The van der Waals surface area contributed by atoms with Crippen LogP contribution in [-0.2, 0) is 6.54 Å². The Morgan fingerprint density at radius 3 is 2.65 bits per heavy atom. The Bertz CT molecular complexity index is 493. The van der Waals surface area contributed by atoms with Gasteiger partial charge in [-0.15, -0.1) is 0 Å². The first-order valence-electron chi connectivity index (χ1n) is 7.04. The van der Waals surface area contributed by atoms with Crippen LogP contribution in [0.4, 0.5) is 5.69 Å². The number of hydrogen-bond donors (Lipinski definition) is 1. The molecule has 0 atom stereocenters. The van der Waals surface area contributed by atoms with Gasteiger partial charge in [0.05, 0.1) is 4.92 Å². The van der Waals surface area contributed by atoms with Crippen LogP contribution in [0.5, 0.6) is 0 Å². The van der Waals surface area contributed by atoms with Gasteiger partial charge in [-0.05, 0) is 43.2 Å². The molecule has 0 unspecified atom stereocenters. The van der Waals surface area contributed by atoms with Gasteiger partial charge in [-0.25, -0.2) is 0 Å². The minimum Gasteiger partial charge on any atom is -0.310 e. The van der Waals surface area contributed by atoms with E-state index in [9.17, 15) is 10.1 Å². The second kappa shape index (κ2) is 6.22. The lowest BCUT2D eigenvalue weighted by molar-refractivity contribution is -0.385. The quantitative estimate of drug-likeness (QED) is 0.652. The van der Waals surface area contributed by atoms with Gasteiger partial charge >= 0.3 is 0 Å². The summed E-state index contributed by atoms with van der Waals surface area (Å²) in [6, 6.07) is 5.73. The third kappa shape index (κ3) is 4.03. The first-order valence-corrected chi connectivity index (χ1v) is 7.83. The Morgan fingerprint density at radius 2 is 2.05 bits per heavy atom. The van der Waals surface area contributed by atoms with E-state index < -0.39 is 0 Å². The molecule has 0 spiro atoms. The van der Waals surface area contributed by atoms with Crippen molar-refractivity contribution in [3.05, 3.63) is 38.3 Å². The average Bonchev–Trinajstić information content (AvgIpc) is 2.38. The number of halogens is 1. The molecule has 2 rings (SSSR count). The predicted octanol–water partition coefficient (Wildman–Crippen LogP) is 4.42. The second-order valence-corrected chi connectivity index (χ2v) is 7.27. The Balaban J connectivity index is 1.96. The lowest BCUT2D eigenvalue weighted by atomic mass is 9.75. The molecule has 1 aliphatic rings. The van der Waals surface area contributed by atoms with Gasteiger partial charge in [0.1, 0.15) is 0 Å². The fourth-order valence-electron chi connectivity index (χ4n) is 2.71. The van der Waals surface area contributed by atoms with Crippen molar-refractivity contribution in [1.82, 2.24) is 5.32 Å². The molecule has 0 bridgehead atoms. The average molecular weight is 341 g/mol. The van der Waals surface area contributed by atoms with Gasteiger partial charge in [0.15, 0.2) is 0 Å². The minimum absolute atomic E-state index is 0.183. The lowest BCUT2D eigenvalue weighted by Gasteiger charge is -2.34. The Morgan fingerprint density at radius 1 is 1.40 bits per heavy atom. The summed E-state index contributed by atoms with van der Waals surface area (Å²) in [6.45, 7) is 5.18. The first-order chi connectivity index (χ1) is 9.37. The van der Waals surface area contributed by atoms with Crippen molar-refractivity contribution < 1.29 is 4.92 Å². The standard InChI is InChI=1S/C15H21BrN2O2/c1-15(2)7-5-13(6-8-15)17-10-11-3-4-12(16)9-14(11)18(19)20/h3-4,9,13,17H,5-8,10H2,1-2H3. The summed E-state index contributed by atoms with van der Waals surface area (Å²) in [5.41, 5.74) is 1.38. The maximum atomic E-state index is 11.1. The summed E-state index contributed by atoms with van der Waals surface area (Å²) >= 11 is 3.28. The highest BCUT2D eigenvalue weighted by atomic mass is 79.9. The molecule has 110 valence electrons. The van der Waals surface area contributed by atoms with Crippen LogP contribution in [0, 0.1) is 15.5 Å². The van der Waals surface area contributed by atoms with Gasteiger partial charge in [0.2, 0.25) is 0 Å². The zero-order valence-electron chi connectivity index (χ0n) is 12.0. The Labute approximate surface area is 128 Å². The predicted molar refractivity (Wildman–Crippen MR) is 83.7 cm³/mol. The molecule has 0 heterocycles. The van der Waals surface area contributed by atoms with E-state index in [4.69, 9.17) is 0 Å². The van der Waals surface area contributed by atoms with Gasteiger partial charge in [0, 0.05) is 28.7 Å². The van der Waals surface area contributed by atoms with Crippen LogP contribution in [0.2, 0.25) is 0 Å². The molecular formula is C15H21BrN2O2. The van der Waals surface area contributed by atoms with Crippen LogP contribution < -0.4 is 5.32 Å². The van der Waals surface area contributed by atoms with E-state index in [0.717, 1.165) is 22.9 Å². The van der Waals surface area contributed by atoms with E-state index in [-0.39, 0.29) is 10.6 Å². The molecule has 20 heavy (non-hydrogen) atoms. The van der Waals surface area contributed by atoms with E-state index in [1.807, 2.05) is 12.1 Å². The molecule has 5 heteroatoms. The lowest BCUT2D eigenvalue weighted by Crippen LogP contribution is -2.35. The second-order valence-electron chi connectivity index (χ2n) is 6.35. The van der Waals surface area contributed by atoms with Gasteiger partial charge < -0.3 is 5.32 Å². The molecule has 0 amide bonds. The number of nitro benzene ring substituents is 1. The third-order valence-corrected chi connectivity index (χ3v) is 4.66. The van der Waals surface area contributed by atoms with Gasteiger partial charge in [-0.1, -0.05) is 29.8 Å². The normalized spacial score (nSPS) is 18.9. The summed E-state index contributed by atoms with van der Waals surface area (Å²) in [7, 11) is 0. The van der Waals surface area contributed by atoms with Gasteiger partial charge in [-0.2, -0.15) is 0 Å². The van der Waals surface area contributed by atoms with Crippen LogP contribution in [0.25, 0.3) is 0 Å². The number of hydrogen-bond acceptors (Lipinski definition) is 3. The maximum Gasteiger partial charge on any atom is 0.275 e. The molecule has 0 aliphatic heterocycles. The molecule has 1 saturated carbocycles. The van der Waals surface area contributed by atoms with Crippen LogP contribution in [-0.4, -0.2) is 11.0 Å². The zero-order valence-corrected chi connectivity index (χ0v) is 13.6. The molecule has 0 saturated heterocycles. The molecule has 1 aromatic rings. The van der Waals surface area contributed by atoms with Crippen LogP contribution >= 0.6 is 15.9 Å². The van der Waals surface area contributed by atoms with Crippen LogP contribution in [0.3, 0.4) is 0 Å². The summed E-state index contributed by atoms with van der Waals surface area (Å²) in [6.07, 6.45) is 4.73. The highest BCUT2D eigenvalue weighted by Gasteiger charge is 2.26. The van der Waals surface area contributed by atoms with Crippen molar-refractivity contribution >= 4 is 21.6 Å². The molecular weight excluding hydrogens is 320 g/mol. The fraction of sp³-hybridized carbons (Fsp3) is 0.600. The van der Waals surface area contributed by atoms with Gasteiger partial charge in [0.25, 0.3) is 5.69 Å². The van der Waals surface area contributed by atoms with Crippen molar-refractivity contribution in [1.29, 1.82) is 0 Å². The Hall–Kier alpha value is -0.940. The Kier molecular flexibility index (Phi) is 4.81. The minimum atomic E-state index is -0.314. The molecule has 1 aliphatic carbocycles. The molecule has 0 radical (unpaired) electrons. The van der Waals surface area contributed by atoms with Crippen LogP contribution in [0.1, 0.15) is 45.1 Å². The van der Waals surface area contributed by atoms with E-state index in [0.29, 0.717) is 18.0 Å². The van der Waals surface area contributed by atoms with Crippen molar-refractivity contribution in [2.24, 2.45) is 5.41 Å². The molecule has 0 aromatic heterocycles. The number of nitrogens with zero attached hydrogens (tertiary/aromatic N) is 1. The number of rotatable bonds is 4. The van der Waals surface area contributed by atoms with Crippen molar-refractivity contribution in [3.8, 4) is 0 Å².